The van der Waals surface area contributed by atoms with E-state index >= 15 is 0 Å². The average Bonchev–Trinajstić information content (AvgIpc) is 2.31. The molecular weight excluding hydrogens is 359 g/mol. The fourth-order valence-electron chi connectivity index (χ4n) is 1.38. The van der Waals surface area contributed by atoms with Crippen LogP contribution in [-0.4, -0.2) is 0 Å². The van der Waals surface area contributed by atoms with Crippen LogP contribution < -0.4 is 21.2 Å². The first-order valence-corrected chi connectivity index (χ1v) is 7.19. The summed E-state index contributed by atoms with van der Waals surface area (Å²) in [7, 11) is 0. The van der Waals surface area contributed by atoms with Crippen LogP contribution in [0.1, 0.15) is 5.56 Å². The van der Waals surface area contributed by atoms with E-state index in [4.69, 9.17) is 0 Å². The largest absolute Gasteiger partial charge is 0.419 e. The molecule has 2 aromatic carbocycles. The molecule has 0 amide bonds. The Bertz CT molecular complexity index is 534. The molecule has 0 bridgehead atoms. The van der Waals surface area contributed by atoms with E-state index in [0.29, 0.717) is 3.57 Å². The molecule has 0 aliphatic carbocycles. The average molecular weight is 367 g/mol. The van der Waals surface area contributed by atoms with Gasteiger partial charge in [0.25, 0.3) is 0 Å². The van der Waals surface area contributed by atoms with Crippen LogP contribution in [0, 0.1) is 13.0 Å². The van der Waals surface area contributed by atoms with Gasteiger partial charge < -0.3 is 0 Å². The zero-order chi connectivity index (χ0) is 13.2. The van der Waals surface area contributed by atoms with Crippen LogP contribution in [0.15, 0.2) is 48.5 Å². The van der Waals surface area contributed by atoms with Crippen LogP contribution in [-0.2, 0) is 6.18 Å². The number of rotatable bonds is 2. The summed E-state index contributed by atoms with van der Waals surface area (Å²) in [6, 6.07) is 12.5. The second-order valence-corrected chi connectivity index (χ2v) is 6.54. The molecule has 5 heteroatoms. The van der Waals surface area contributed by atoms with Gasteiger partial charge in [-0.25, -0.2) is 4.39 Å². The van der Waals surface area contributed by atoms with Crippen molar-refractivity contribution in [3.8, 4) is 0 Å². The van der Waals surface area contributed by atoms with Crippen molar-refractivity contribution in [1.82, 2.24) is 0 Å². The summed E-state index contributed by atoms with van der Waals surface area (Å²) in [5.74, 6) is -1.22. The van der Waals surface area contributed by atoms with Crippen LogP contribution in [0.4, 0.5) is 17.6 Å². The predicted molar refractivity (Wildman–Crippen MR) is 55.2 cm³/mol. The van der Waals surface area contributed by atoms with Crippen molar-refractivity contribution >= 4 is 0 Å². The lowest BCUT2D eigenvalue weighted by atomic mass is 10.2. The van der Waals surface area contributed by atoms with E-state index < -0.39 is 38.8 Å². The van der Waals surface area contributed by atoms with Gasteiger partial charge in [-0.15, -0.1) is 0 Å². The number of benzene rings is 2. The monoisotopic (exact) mass is 367 g/mol. The molecule has 2 aromatic rings. The second-order valence-electron chi connectivity index (χ2n) is 3.51. The first kappa shape index (κ1) is 13.3. The van der Waals surface area contributed by atoms with Crippen molar-refractivity contribution in [3.63, 3.8) is 0 Å². The highest BCUT2D eigenvalue weighted by Gasteiger charge is 2.35. The standard InChI is InChI=1S/C13H8F4I/c14-12-7-6-10(8-11(12)13(15,16)17)18-9-4-2-1-3-5-9/h1-8H/q+1. The van der Waals surface area contributed by atoms with Crippen LogP contribution in [0.3, 0.4) is 0 Å². The normalized spacial score (nSPS) is 11.6. The number of hydrogen-bond acceptors (Lipinski definition) is 0. The second kappa shape index (κ2) is 5.26. The van der Waals surface area contributed by atoms with Gasteiger partial charge in [-0.1, -0.05) is 18.2 Å². The van der Waals surface area contributed by atoms with Crippen molar-refractivity contribution in [1.29, 1.82) is 0 Å². The summed E-state index contributed by atoms with van der Waals surface area (Å²) < 4.78 is 52.3. The summed E-state index contributed by atoms with van der Waals surface area (Å²) in [4.78, 5) is 0. The summed E-state index contributed by atoms with van der Waals surface area (Å²) in [5.41, 5.74) is -1.18. The van der Waals surface area contributed by atoms with E-state index in [-0.39, 0.29) is 0 Å². The zero-order valence-corrected chi connectivity index (χ0v) is 11.2. The minimum Gasteiger partial charge on any atom is -0.206 e. The third-order valence-corrected chi connectivity index (χ3v) is 4.82. The molecule has 94 valence electrons. The molecule has 0 spiro atoms. The van der Waals surface area contributed by atoms with Gasteiger partial charge in [0.15, 0.2) is 7.14 Å². The van der Waals surface area contributed by atoms with Crippen molar-refractivity contribution in [2.75, 3.05) is 0 Å². The molecule has 0 saturated carbocycles. The molecule has 0 heterocycles. The van der Waals surface area contributed by atoms with Gasteiger partial charge in [0.05, 0.1) is 5.56 Å². The smallest absolute Gasteiger partial charge is 0.206 e. The summed E-state index contributed by atoms with van der Waals surface area (Å²) in [5, 5.41) is 0. The van der Waals surface area contributed by atoms with Gasteiger partial charge in [0.1, 0.15) is 5.82 Å². The first-order valence-electron chi connectivity index (χ1n) is 5.03. The van der Waals surface area contributed by atoms with E-state index in [0.717, 1.165) is 15.7 Å². The molecule has 0 N–H and O–H groups in total. The minimum atomic E-state index is -4.64. The van der Waals surface area contributed by atoms with E-state index in [1.54, 1.807) is 0 Å². The molecule has 0 fully saturated rings. The van der Waals surface area contributed by atoms with Gasteiger partial charge in [-0.3, -0.25) is 0 Å². The topological polar surface area (TPSA) is 0 Å². The van der Waals surface area contributed by atoms with Crippen molar-refractivity contribution < 1.29 is 38.8 Å². The number of alkyl halides is 3. The Balaban J connectivity index is 2.31. The molecule has 0 atom stereocenters. The molecule has 0 unspecified atom stereocenters. The summed E-state index contributed by atoms with van der Waals surface area (Å²) >= 11 is -0.716. The Morgan fingerprint density at radius 2 is 1.50 bits per heavy atom. The molecule has 2 rings (SSSR count). The SMILES string of the molecule is Fc1ccc([I+]c2ccccc2)cc1C(F)(F)F. The molecule has 0 aliphatic heterocycles. The van der Waals surface area contributed by atoms with Crippen LogP contribution in [0.2, 0.25) is 0 Å². The Morgan fingerprint density at radius 3 is 2.11 bits per heavy atom. The number of halogens is 5. The molecule has 0 saturated heterocycles. The summed E-state index contributed by atoms with van der Waals surface area (Å²) in [6.07, 6.45) is -4.64. The third-order valence-electron chi connectivity index (χ3n) is 2.19. The summed E-state index contributed by atoms with van der Waals surface area (Å²) in [6.45, 7) is 0. The quantitative estimate of drug-likeness (QED) is 0.549. The highest BCUT2D eigenvalue weighted by atomic mass is 127. The van der Waals surface area contributed by atoms with Crippen molar-refractivity contribution in [2.45, 2.75) is 6.18 Å². The maximum Gasteiger partial charge on any atom is 0.419 e. The van der Waals surface area contributed by atoms with E-state index in [2.05, 4.69) is 0 Å². The fraction of sp³-hybridized carbons (Fsp3) is 0.0769. The van der Waals surface area contributed by atoms with Gasteiger partial charge >= 0.3 is 27.4 Å². The zero-order valence-electron chi connectivity index (χ0n) is 9.01. The van der Waals surface area contributed by atoms with Crippen LogP contribution in [0.25, 0.3) is 0 Å². The molecule has 0 aromatic heterocycles. The van der Waals surface area contributed by atoms with Crippen molar-refractivity contribution in [2.24, 2.45) is 0 Å². The Hall–Kier alpha value is -1.11. The Labute approximate surface area is 112 Å². The molecular formula is C13H8F4I+. The van der Waals surface area contributed by atoms with E-state index in [1.807, 2.05) is 30.3 Å². The van der Waals surface area contributed by atoms with E-state index in [9.17, 15) is 17.6 Å². The predicted octanol–water partition coefficient (Wildman–Crippen LogP) is 0.973. The highest BCUT2D eigenvalue weighted by Crippen LogP contribution is 2.30. The van der Waals surface area contributed by atoms with Gasteiger partial charge in [-0.05, 0) is 24.3 Å². The van der Waals surface area contributed by atoms with Crippen LogP contribution in [0.5, 0.6) is 0 Å². The van der Waals surface area contributed by atoms with Gasteiger partial charge in [0.2, 0.25) is 0 Å². The minimum absolute atomic E-state index is 0.550. The van der Waals surface area contributed by atoms with Gasteiger partial charge in [-0.2, -0.15) is 13.2 Å². The lowest BCUT2D eigenvalue weighted by Crippen LogP contribution is -3.61. The lowest BCUT2D eigenvalue weighted by Gasteiger charge is -2.06. The molecule has 0 nitrogen and oxygen atoms in total. The Kier molecular flexibility index (Phi) is 3.89. The molecule has 0 radical (unpaired) electrons. The van der Waals surface area contributed by atoms with Crippen LogP contribution >= 0.6 is 0 Å². The third kappa shape index (κ3) is 3.22. The molecule has 18 heavy (non-hydrogen) atoms. The maximum atomic E-state index is 13.1. The first-order chi connectivity index (χ1) is 8.47. The van der Waals surface area contributed by atoms with E-state index in [1.165, 1.54) is 6.07 Å². The van der Waals surface area contributed by atoms with Gasteiger partial charge in [0, 0.05) is 6.07 Å². The number of hydrogen-bond donors (Lipinski definition) is 0. The molecule has 0 aliphatic rings. The van der Waals surface area contributed by atoms with Crippen molar-refractivity contribution in [3.05, 3.63) is 67.1 Å². The highest BCUT2D eigenvalue weighted by molar-refractivity contribution is 5.20. The fourth-order valence-corrected chi connectivity index (χ4v) is 3.70. The Morgan fingerprint density at radius 1 is 0.833 bits per heavy atom. The lowest BCUT2D eigenvalue weighted by molar-refractivity contribution is -0.597. The maximum absolute atomic E-state index is 13.1.